The van der Waals surface area contributed by atoms with Crippen molar-refractivity contribution < 1.29 is 4.79 Å². The maximum Gasteiger partial charge on any atom is 0.222 e. The van der Waals surface area contributed by atoms with E-state index in [1.54, 1.807) is 0 Å². The van der Waals surface area contributed by atoms with Crippen LogP contribution in [0.25, 0.3) is 0 Å². The van der Waals surface area contributed by atoms with Gasteiger partial charge in [-0.3, -0.25) is 9.89 Å². The van der Waals surface area contributed by atoms with Gasteiger partial charge in [0.1, 0.15) is 0 Å². The number of H-pyrrole nitrogens is 1. The van der Waals surface area contributed by atoms with Gasteiger partial charge >= 0.3 is 0 Å². The molecule has 0 bridgehead atoms. The summed E-state index contributed by atoms with van der Waals surface area (Å²) in [5.41, 5.74) is -0.181. The first-order chi connectivity index (χ1) is 7.37. The van der Waals surface area contributed by atoms with Gasteiger partial charge in [-0.25, -0.2) is 0 Å². The molecule has 0 spiro atoms. The van der Waals surface area contributed by atoms with E-state index < -0.39 is 0 Å². The lowest BCUT2D eigenvalue weighted by Gasteiger charge is -2.20. The van der Waals surface area contributed by atoms with Crippen LogP contribution in [0.15, 0.2) is 0 Å². The second-order valence-electron chi connectivity index (χ2n) is 4.39. The van der Waals surface area contributed by atoms with Crippen LogP contribution in [0.5, 0.6) is 0 Å². The number of hydrogen-bond acceptors (Lipinski definition) is 5. The fourth-order valence-electron chi connectivity index (χ4n) is 1.07. The second kappa shape index (κ2) is 5.40. The van der Waals surface area contributed by atoms with E-state index in [1.165, 1.54) is 11.3 Å². The third-order valence-electron chi connectivity index (χ3n) is 1.58. The molecule has 3 N–H and O–H groups in total. The highest BCUT2D eigenvalue weighted by Crippen LogP contribution is 2.10. The molecule has 0 aliphatic rings. The van der Waals surface area contributed by atoms with E-state index >= 15 is 0 Å². The van der Waals surface area contributed by atoms with Gasteiger partial charge in [-0.1, -0.05) is 11.3 Å². The van der Waals surface area contributed by atoms with Crippen molar-refractivity contribution in [2.45, 2.75) is 32.7 Å². The number of anilines is 1. The summed E-state index contributed by atoms with van der Waals surface area (Å²) >= 11 is 6.25. The van der Waals surface area contributed by atoms with Gasteiger partial charge in [-0.15, -0.1) is 5.10 Å². The van der Waals surface area contributed by atoms with Gasteiger partial charge in [0.2, 0.25) is 11.0 Å². The van der Waals surface area contributed by atoms with Crippen LogP contribution >= 0.6 is 23.6 Å². The zero-order chi connectivity index (χ0) is 12.2. The molecule has 0 unspecified atom stereocenters. The van der Waals surface area contributed by atoms with Crippen molar-refractivity contribution >= 4 is 34.6 Å². The van der Waals surface area contributed by atoms with Gasteiger partial charge in [-0.05, 0) is 33.0 Å². The molecule has 5 nitrogen and oxygen atoms in total. The van der Waals surface area contributed by atoms with Crippen LogP contribution in [-0.4, -0.2) is 28.2 Å². The number of amides is 1. The van der Waals surface area contributed by atoms with Gasteiger partial charge in [-0.2, -0.15) is 0 Å². The van der Waals surface area contributed by atoms with E-state index in [0.717, 1.165) is 0 Å². The summed E-state index contributed by atoms with van der Waals surface area (Å²) in [6.45, 7) is 6.42. The molecule has 0 aliphatic heterocycles. The Labute approximate surface area is 104 Å². The molecule has 1 amide bonds. The first-order valence-corrected chi connectivity index (χ1v) is 6.20. The van der Waals surface area contributed by atoms with E-state index in [9.17, 15) is 4.79 Å². The SMILES string of the molecule is CC(C)(C)NC(=O)CCNc1n[nH]c(=S)s1. The number of nitrogens with one attached hydrogen (secondary N) is 3. The molecule has 1 rings (SSSR count). The van der Waals surface area contributed by atoms with E-state index in [2.05, 4.69) is 20.8 Å². The lowest BCUT2D eigenvalue weighted by Crippen LogP contribution is -2.41. The molecule has 0 saturated carbocycles. The molecule has 1 aromatic rings. The Morgan fingerprint density at radius 1 is 1.56 bits per heavy atom. The van der Waals surface area contributed by atoms with Crippen LogP contribution in [0.4, 0.5) is 5.13 Å². The maximum absolute atomic E-state index is 11.5. The molecule has 1 aromatic heterocycles. The summed E-state index contributed by atoms with van der Waals surface area (Å²) in [5, 5.41) is 13.2. The highest BCUT2D eigenvalue weighted by Gasteiger charge is 2.12. The Morgan fingerprint density at radius 2 is 2.25 bits per heavy atom. The Bertz CT molecular complexity index is 404. The van der Waals surface area contributed by atoms with Crippen LogP contribution in [0, 0.1) is 3.95 Å². The molecular formula is C9H16N4OS2. The van der Waals surface area contributed by atoms with E-state index in [-0.39, 0.29) is 11.4 Å². The minimum absolute atomic E-state index is 0.0270. The number of carbonyl (C=O) groups is 1. The van der Waals surface area contributed by atoms with Gasteiger partial charge < -0.3 is 10.6 Å². The Morgan fingerprint density at radius 3 is 2.75 bits per heavy atom. The average molecular weight is 260 g/mol. The molecule has 0 aromatic carbocycles. The molecule has 0 atom stereocenters. The molecule has 7 heteroatoms. The minimum atomic E-state index is -0.181. The van der Waals surface area contributed by atoms with Crippen LogP contribution in [0.2, 0.25) is 0 Å². The number of nitrogens with zero attached hydrogens (tertiary/aromatic N) is 1. The number of rotatable bonds is 4. The molecule has 0 radical (unpaired) electrons. The van der Waals surface area contributed by atoms with Crippen molar-refractivity contribution in [3.63, 3.8) is 0 Å². The van der Waals surface area contributed by atoms with Gasteiger partial charge in [0.15, 0.2) is 3.95 Å². The summed E-state index contributed by atoms with van der Waals surface area (Å²) in [5.74, 6) is 0.0270. The third kappa shape index (κ3) is 5.22. The molecule has 0 fully saturated rings. The highest BCUT2D eigenvalue weighted by molar-refractivity contribution is 7.73. The molecule has 16 heavy (non-hydrogen) atoms. The Balaban J connectivity index is 2.26. The standard InChI is InChI=1S/C9H16N4OS2/c1-9(2,3)11-6(14)4-5-10-7-12-13-8(15)16-7/h4-5H2,1-3H3,(H,10,12)(H,11,14)(H,13,15). The zero-order valence-electron chi connectivity index (χ0n) is 9.59. The maximum atomic E-state index is 11.5. The van der Waals surface area contributed by atoms with E-state index in [4.69, 9.17) is 12.2 Å². The Hall–Kier alpha value is -0.950. The molecule has 90 valence electrons. The van der Waals surface area contributed by atoms with Crippen molar-refractivity contribution in [2.24, 2.45) is 0 Å². The first-order valence-electron chi connectivity index (χ1n) is 4.97. The molecular weight excluding hydrogens is 244 g/mol. The first kappa shape index (κ1) is 13.1. The second-order valence-corrected chi connectivity index (χ2v) is 6.06. The largest absolute Gasteiger partial charge is 0.360 e. The van der Waals surface area contributed by atoms with Crippen molar-refractivity contribution in [1.29, 1.82) is 0 Å². The van der Waals surface area contributed by atoms with E-state index in [0.29, 0.717) is 22.1 Å². The Kier molecular flexibility index (Phi) is 4.43. The highest BCUT2D eigenvalue weighted by atomic mass is 32.1. The van der Waals surface area contributed by atoms with Crippen LogP contribution in [0.1, 0.15) is 27.2 Å². The smallest absolute Gasteiger partial charge is 0.222 e. The lowest BCUT2D eigenvalue weighted by molar-refractivity contribution is -0.122. The summed E-state index contributed by atoms with van der Waals surface area (Å²) in [6, 6.07) is 0. The van der Waals surface area contributed by atoms with Crippen LogP contribution in [-0.2, 0) is 4.79 Å². The van der Waals surface area contributed by atoms with Crippen molar-refractivity contribution in [3.05, 3.63) is 3.95 Å². The number of hydrogen-bond donors (Lipinski definition) is 3. The predicted molar refractivity (Wildman–Crippen MR) is 68.3 cm³/mol. The minimum Gasteiger partial charge on any atom is -0.360 e. The molecule has 0 aliphatic carbocycles. The normalized spacial score (nSPS) is 11.2. The summed E-state index contributed by atoms with van der Waals surface area (Å²) < 4.78 is 0.627. The zero-order valence-corrected chi connectivity index (χ0v) is 11.2. The molecule has 0 saturated heterocycles. The van der Waals surface area contributed by atoms with Crippen molar-refractivity contribution in [3.8, 4) is 0 Å². The summed E-state index contributed by atoms with van der Waals surface area (Å²) in [4.78, 5) is 11.5. The molecule has 1 heterocycles. The fourth-order valence-corrected chi connectivity index (χ4v) is 1.88. The third-order valence-corrected chi connectivity index (χ3v) is 2.63. The summed E-state index contributed by atoms with van der Waals surface area (Å²) in [6.07, 6.45) is 0.420. The predicted octanol–water partition coefficient (Wildman–Crippen LogP) is 1.92. The van der Waals surface area contributed by atoms with Crippen molar-refractivity contribution in [2.75, 3.05) is 11.9 Å². The van der Waals surface area contributed by atoms with Gasteiger partial charge in [0, 0.05) is 18.5 Å². The van der Waals surface area contributed by atoms with Gasteiger partial charge in [0.25, 0.3) is 0 Å². The van der Waals surface area contributed by atoms with Crippen LogP contribution < -0.4 is 10.6 Å². The van der Waals surface area contributed by atoms with Crippen molar-refractivity contribution in [1.82, 2.24) is 15.5 Å². The fraction of sp³-hybridized carbons (Fsp3) is 0.667. The summed E-state index contributed by atoms with van der Waals surface area (Å²) in [7, 11) is 0. The average Bonchev–Trinajstić information content (AvgIpc) is 2.48. The number of aromatic nitrogens is 2. The monoisotopic (exact) mass is 260 g/mol. The van der Waals surface area contributed by atoms with Gasteiger partial charge in [0.05, 0.1) is 0 Å². The van der Waals surface area contributed by atoms with Crippen LogP contribution in [0.3, 0.4) is 0 Å². The van der Waals surface area contributed by atoms with E-state index in [1.807, 2.05) is 20.8 Å². The number of carbonyl (C=O) groups excluding carboxylic acids is 1. The topological polar surface area (TPSA) is 69.8 Å². The number of aromatic amines is 1. The lowest BCUT2D eigenvalue weighted by atomic mass is 10.1. The quantitative estimate of drug-likeness (QED) is 0.723.